The third kappa shape index (κ3) is 4.53. The third-order valence-corrected chi connectivity index (χ3v) is 5.71. The van der Waals surface area contributed by atoms with Gasteiger partial charge in [-0.3, -0.25) is 8.37 Å². The van der Waals surface area contributed by atoms with Gasteiger partial charge in [0.2, 0.25) is 0 Å². The maximum absolute atomic E-state index is 11.9. The molecule has 1 unspecified atom stereocenters. The molecule has 9 nitrogen and oxygen atoms in total. The fourth-order valence-electron chi connectivity index (χ4n) is 0.939. The highest BCUT2D eigenvalue weighted by Gasteiger charge is 2.49. The Labute approximate surface area is 106 Å². The van der Waals surface area contributed by atoms with E-state index in [1.54, 1.807) is 0 Å². The minimum absolute atomic E-state index is 0.274. The van der Waals surface area contributed by atoms with Crippen molar-refractivity contribution in [2.24, 2.45) is 0 Å². The molecule has 0 spiro atoms. The molecule has 0 saturated carbocycles. The van der Waals surface area contributed by atoms with Crippen LogP contribution in [-0.4, -0.2) is 49.2 Å². The summed E-state index contributed by atoms with van der Waals surface area (Å²) in [6, 6.07) is 0. The van der Waals surface area contributed by atoms with E-state index >= 15 is 0 Å². The van der Waals surface area contributed by atoms with Crippen LogP contribution in [-0.2, 0) is 38.8 Å². The molecule has 114 valence electrons. The van der Waals surface area contributed by atoms with E-state index in [4.69, 9.17) is 0 Å². The van der Waals surface area contributed by atoms with Gasteiger partial charge in [0.05, 0.1) is 6.61 Å². The summed E-state index contributed by atoms with van der Waals surface area (Å²) in [7, 11) is -15.6. The molecule has 1 saturated heterocycles. The summed E-state index contributed by atoms with van der Waals surface area (Å²) in [5.74, 6) is -0.931. The first-order valence-electron chi connectivity index (χ1n) is 4.14. The minimum Gasteiger partial charge on any atom is -0.267 e. The third-order valence-electron chi connectivity index (χ3n) is 1.60. The lowest BCUT2D eigenvalue weighted by Gasteiger charge is -2.11. The quantitative estimate of drug-likeness (QED) is 0.601. The number of hydrogen-bond acceptors (Lipinski definition) is 8. The molecule has 19 heavy (non-hydrogen) atoms. The molecule has 0 aromatic rings. The van der Waals surface area contributed by atoms with E-state index < -0.39 is 54.4 Å². The van der Waals surface area contributed by atoms with Gasteiger partial charge in [0.25, 0.3) is 10.1 Å². The van der Waals surface area contributed by atoms with Crippen molar-refractivity contribution in [3.63, 3.8) is 0 Å². The fraction of sp³-hybridized carbons (Fsp3) is 1.00. The lowest BCUT2D eigenvalue weighted by atomic mass is 10.5. The Morgan fingerprint density at radius 1 is 1.21 bits per heavy atom. The predicted octanol–water partition coefficient (Wildman–Crippen LogP) is -1.58. The van der Waals surface area contributed by atoms with Gasteiger partial charge in [-0.2, -0.15) is 30.0 Å². The molecule has 1 fully saturated rings. The van der Waals surface area contributed by atoms with Crippen LogP contribution in [0.3, 0.4) is 0 Å². The number of rotatable bonds is 4. The van der Waals surface area contributed by atoms with Crippen LogP contribution in [0.25, 0.3) is 0 Å². The molecule has 0 amide bonds. The van der Waals surface area contributed by atoms with E-state index in [2.05, 4.69) is 8.37 Å². The van der Waals surface area contributed by atoms with E-state index in [1.807, 2.05) is 0 Å². The van der Waals surface area contributed by atoms with Crippen LogP contribution < -0.4 is 4.13 Å². The Morgan fingerprint density at radius 2 is 1.74 bits per heavy atom. The second-order valence-electron chi connectivity index (χ2n) is 3.21. The molecule has 1 heterocycles. The summed E-state index contributed by atoms with van der Waals surface area (Å²) in [5.41, 5.74) is -5.86. The summed E-state index contributed by atoms with van der Waals surface area (Å²) in [6.45, 7) is -0.755. The Kier molecular flexibility index (Phi) is 4.20. The van der Waals surface area contributed by atoms with Crippen LogP contribution in [0.4, 0.5) is 13.2 Å². The van der Waals surface area contributed by atoms with E-state index in [0.29, 0.717) is 0 Å². The van der Waals surface area contributed by atoms with Crippen molar-refractivity contribution in [2.45, 2.75) is 11.6 Å². The standard InChI is InChI=1S/C4H6F3NO8S3/c5-4(6,7)18(11,12)8-19(13,14)16-3-1-15-17(9,10)2-3/h3,8H,1-2H2. The van der Waals surface area contributed by atoms with Crippen LogP contribution in [0.1, 0.15) is 0 Å². The average Bonchev–Trinajstić information content (AvgIpc) is 2.39. The number of alkyl halides is 3. The topological polar surface area (TPSA) is 133 Å². The minimum atomic E-state index is -6.18. The Bertz CT molecular complexity index is 646. The SMILES string of the molecule is O=S1(=O)CC(OS(=O)(=O)NS(=O)(=O)C(F)(F)F)CO1. The van der Waals surface area contributed by atoms with Crippen molar-refractivity contribution < 1.29 is 46.8 Å². The second-order valence-corrected chi connectivity index (χ2v) is 8.14. The molecule has 0 radical (unpaired) electrons. The van der Waals surface area contributed by atoms with Crippen molar-refractivity contribution in [1.29, 1.82) is 0 Å². The molecule has 1 N–H and O–H groups in total. The first-order valence-corrected chi connectivity index (χ1v) is 8.61. The molecule has 1 aliphatic rings. The molecule has 0 aromatic heterocycles. The molecule has 15 heteroatoms. The van der Waals surface area contributed by atoms with E-state index in [1.165, 1.54) is 0 Å². The summed E-state index contributed by atoms with van der Waals surface area (Å²) in [6.07, 6.45) is -1.63. The van der Waals surface area contributed by atoms with Crippen molar-refractivity contribution in [1.82, 2.24) is 4.13 Å². The Balaban J connectivity index is 2.80. The van der Waals surface area contributed by atoms with Gasteiger partial charge >= 0.3 is 25.8 Å². The number of nitrogens with one attached hydrogen (secondary N) is 1. The average molecular weight is 349 g/mol. The van der Waals surface area contributed by atoms with Gasteiger partial charge < -0.3 is 0 Å². The highest BCUT2D eigenvalue weighted by atomic mass is 32.3. The van der Waals surface area contributed by atoms with Crippen LogP contribution in [0.2, 0.25) is 0 Å². The van der Waals surface area contributed by atoms with Gasteiger partial charge in [0, 0.05) is 0 Å². The van der Waals surface area contributed by atoms with Gasteiger partial charge in [-0.05, 0) is 0 Å². The fourth-order valence-corrected chi connectivity index (χ4v) is 4.19. The van der Waals surface area contributed by atoms with E-state index in [-0.39, 0.29) is 4.13 Å². The van der Waals surface area contributed by atoms with Crippen LogP contribution in [0.5, 0.6) is 0 Å². The highest BCUT2D eigenvalue weighted by molar-refractivity contribution is 8.03. The monoisotopic (exact) mass is 349 g/mol. The summed E-state index contributed by atoms with van der Waals surface area (Å²) < 4.78 is 109. The zero-order valence-electron chi connectivity index (χ0n) is 8.62. The summed E-state index contributed by atoms with van der Waals surface area (Å²) in [4.78, 5) is 0. The molecule has 1 atom stereocenters. The second kappa shape index (κ2) is 4.81. The van der Waals surface area contributed by atoms with Crippen molar-refractivity contribution in [3.8, 4) is 0 Å². The summed E-state index contributed by atoms with van der Waals surface area (Å²) >= 11 is 0. The van der Waals surface area contributed by atoms with Crippen molar-refractivity contribution in [2.75, 3.05) is 12.4 Å². The van der Waals surface area contributed by atoms with Crippen LogP contribution in [0.15, 0.2) is 0 Å². The van der Waals surface area contributed by atoms with Crippen molar-refractivity contribution >= 4 is 30.4 Å². The normalized spacial score (nSPS) is 24.5. The van der Waals surface area contributed by atoms with Crippen molar-refractivity contribution in [3.05, 3.63) is 0 Å². The number of sulfonamides is 1. The highest BCUT2D eigenvalue weighted by Crippen LogP contribution is 2.23. The van der Waals surface area contributed by atoms with Gasteiger partial charge in [-0.1, -0.05) is 4.13 Å². The first-order chi connectivity index (χ1) is 8.24. The lowest BCUT2D eigenvalue weighted by molar-refractivity contribution is -0.0442. The van der Waals surface area contributed by atoms with E-state index in [0.717, 1.165) is 0 Å². The molecule has 0 bridgehead atoms. The van der Waals surface area contributed by atoms with Crippen LogP contribution in [0, 0.1) is 0 Å². The number of halogens is 3. The maximum atomic E-state index is 11.9. The molecular formula is C4H6F3NO8S3. The van der Waals surface area contributed by atoms with E-state index in [9.17, 15) is 38.4 Å². The molecule has 0 aromatic carbocycles. The Hall–Kier alpha value is -0.480. The largest absolute Gasteiger partial charge is 0.512 e. The van der Waals surface area contributed by atoms with Gasteiger partial charge in [0.15, 0.2) is 0 Å². The first kappa shape index (κ1) is 16.6. The van der Waals surface area contributed by atoms with Gasteiger partial charge in [0.1, 0.15) is 11.9 Å². The predicted molar refractivity (Wildman–Crippen MR) is 51.6 cm³/mol. The molecule has 1 aliphatic heterocycles. The van der Waals surface area contributed by atoms with Gasteiger partial charge in [-0.15, -0.1) is 0 Å². The molecular weight excluding hydrogens is 343 g/mol. The maximum Gasteiger partial charge on any atom is 0.512 e. The zero-order valence-corrected chi connectivity index (χ0v) is 11.1. The summed E-state index contributed by atoms with van der Waals surface area (Å²) in [5, 5.41) is 0. The number of hydrogen-bond donors (Lipinski definition) is 1. The smallest absolute Gasteiger partial charge is 0.267 e. The van der Waals surface area contributed by atoms with Gasteiger partial charge in [-0.25, -0.2) is 8.42 Å². The van der Waals surface area contributed by atoms with Crippen LogP contribution >= 0.6 is 0 Å². The lowest BCUT2D eigenvalue weighted by Crippen LogP contribution is -2.42. The molecule has 1 rings (SSSR count). The molecule has 0 aliphatic carbocycles. The Morgan fingerprint density at radius 3 is 2.11 bits per heavy atom. The zero-order chi connectivity index (χ0) is 15.1.